The van der Waals surface area contributed by atoms with Crippen molar-refractivity contribution in [2.75, 3.05) is 0 Å². The van der Waals surface area contributed by atoms with Crippen LogP contribution in [0, 0.1) is 5.41 Å². The monoisotopic (exact) mass is 1960 g/mol. The topological polar surface area (TPSA) is 417 Å². The zero-order chi connectivity index (χ0) is 107. The number of hydrogen-bond donors (Lipinski definition) is 0. The van der Waals surface area contributed by atoms with Gasteiger partial charge in [0.1, 0.15) is 78.9 Å². The molecule has 0 heterocycles. The summed E-state index contributed by atoms with van der Waals surface area (Å²) in [6.07, 6.45) is -4.86. The van der Waals surface area contributed by atoms with Crippen LogP contribution in [0.3, 0.4) is 0 Å². The SMILES string of the molecule is CCC(C)(C)C(=O)Oc1ccc(OC(=O)OC(C)(C)C)c(OC(=O)OC(C)(C)C)c1.CCC(C)c1cc(OC(=O)OC(C)(C)C)c(OC(=O)OC(C)(C)C)cc1OC(=O)OC(C)(C)C.CCC(C)c1cc(OC(=O)OC(C)(C)CC)c(OC(=O)OC(C)(C)CC)c(OC(=O)OC(C)(C)CC)c1.CCC(C)c1cc(OC(=O)OC(C)(C)CC)c(OC(=O)OC(C)(C)CC)cc1OC(=O)OC(C)(C)CC. The van der Waals surface area contributed by atoms with E-state index in [0.29, 0.717) is 74.5 Å². The number of ether oxygens (including phenoxy) is 23. The van der Waals surface area contributed by atoms with Gasteiger partial charge in [-0.1, -0.05) is 90.0 Å². The molecule has 138 heavy (non-hydrogen) atoms. The Kier molecular flexibility index (Phi) is 47.2. The second-order valence-electron chi connectivity index (χ2n) is 41.9. The summed E-state index contributed by atoms with van der Waals surface area (Å²) in [4.78, 5) is 149. The molecular formula is C103H158O35. The zero-order valence-electron chi connectivity index (χ0n) is 89.8. The van der Waals surface area contributed by atoms with Crippen LogP contribution in [0.15, 0.2) is 54.6 Å². The normalized spacial score (nSPS) is 12.7. The zero-order valence-corrected chi connectivity index (χ0v) is 89.8. The quantitative estimate of drug-likeness (QED) is 0.0190. The van der Waals surface area contributed by atoms with Gasteiger partial charge < -0.3 is 109 Å². The molecule has 0 fully saturated rings. The molecule has 0 spiro atoms. The predicted octanol–water partition coefficient (Wildman–Crippen LogP) is 29.4. The van der Waals surface area contributed by atoms with Crippen LogP contribution in [0.2, 0.25) is 0 Å². The molecule has 0 N–H and O–H groups in total. The highest BCUT2D eigenvalue weighted by Gasteiger charge is 2.37. The molecule has 35 heteroatoms. The van der Waals surface area contributed by atoms with Crippen LogP contribution in [0.25, 0.3) is 0 Å². The molecule has 0 radical (unpaired) electrons. The van der Waals surface area contributed by atoms with Crippen LogP contribution in [-0.4, -0.2) is 135 Å². The highest BCUT2D eigenvalue weighted by molar-refractivity contribution is 5.80. The fraction of sp³-hybridized carbons (Fsp3) is 0.650. The summed E-state index contributed by atoms with van der Waals surface area (Å²) in [5.74, 6) is -1.73. The number of hydrogen-bond acceptors (Lipinski definition) is 35. The van der Waals surface area contributed by atoms with E-state index in [4.69, 9.17) is 109 Å². The fourth-order valence-electron chi connectivity index (χ4n) is 9.54. The molecule has 0 bridgehead atoms. The lowest BCUT2D eigenvalue weighted by Crippen LogP contribution is -2.30. The van der Waals surface area contributed by atoms with Gasteiger partial charge in [-0.15, -0.1) is 0 Å². The minimum atomic E-state index is -1.05. The van der Waals surface area contributed by atoms with Crippen molar-refractivity contribution in [2.24, 2.45) is 5.41 Å². The number of carbonyl (C=O) groups excluding carboxylic acids is 12. The average Bonchev–Trinajstić information content (AvgIpc) is 0.807. The smallest absolute Gasteiger partial charge is 0.428 e. The van der Waals surface area contributed by atoms with Crippen molar-refractivity contribution >= 4 is 73.7 Å². The Morgan fingerprint density at radius 2 is 0.428 bits per heavy atom. The number of benzene rings is 4. The standard InChI is InChI=1S/2C28H44O9.C25H38O9.C22H32O8/c1-12-18(5)19-16-21(33-24(30)36-27(8,9)14-3)22(34-25(31)37-28(10,11)15-4)17-20(19)32-23(29)35-26(6,7)13-2;1-12-18(5)19-16-20(32-23(29)35-26(6,7)13-2)22(34-25(31)37-28(10,11)15-4)21(17-19)33-24(30)36-27(8,9)14-3;1-12-15(2)16-13-18(30-21(27)33-24(6,7)8)19(31-22(28)34-25(9,10)11)14-17(16)29-20(26)32-23(3,4)5;1-10-22(8,9)17(23)26-14-11-12-15(27-18(24)29-20(2,3)4)16(13-14)28-19(25)30-21(5,6)7/h2*16-18H,12-15H2,1-11H3;13-15H,12H2,1-11H3;11-13H,10H2,1-9H3. The van der Waals surface area contributed by atoms with Crippen LogP contribution >= 0.6 is 0 Å². The Balaban J connectivity index is 0.000000923. The van der Waals surface area contributed by atoms with Gasteiger partial charge in [0.15, 0.2) is 46.0 Å². The second-order valence-corrected chi connectivity index (χ2v) is 41.9. The van der Waals surface area contributed by atoms with Crippen LogP contribution < -0.4 is 56.8 Å². The van der Waals surface area contributed by atoms with E-state index in [1.165, 1.54) is 42.5 Å². The third-order valence-electron chi connectivity index (χ3n) is 20.6. The van der Waals surface area contributed by atoms with Crippen molar-refractivity contribution in [3.8, 4) is 69.0 Å². The maximum absolute atomic E-state index is 12.7. The molecule has 0 aromatic heterocycles. The molecule has 0 aliphatic carbocycles. The first kappa shape index (κ1) is 124. The van der Waals surface area contributed by atoms with Gasteiger partial charge in [-0.05, 0) is 325 Å². The number of carbonyl (C=O) groups is 12. The molecule has 0 amide bonds. The highest BCUT2D eigenvalue weighted by Crippen LogP contribution is 2.46. The second kappa shape index (κ2) is 52.4. The lowest BCUT2D eigenvalue weighted by molar-refractivity contribution is -0.144. The van der Waals surface area contributed by atoms with E-state index in [-0.39, 0.29) is 86.7 Å². The first-order valence-corrected chi connectivity index (χ1v) is 46.7. The summed E-state index contributed by atoms with van der Waals surface area (Å²) in [5, 5.41) is 0. The first-order valence-electron chi connectivity index (χ1n) is 46.7. The maximum atomic E-state index is 12.7. The average molecular weight is 1960 g/mol. The maximum Gasteiger partial charge on any atom is 0.514 e. The molecule has 0 saturated heterocycles. The van der Waals surface area contributed by atoms with Crippen molar-refractivity contribution in [1.29, 1.82) is 0 Å². The summed E-state index contributed by atoms with van der Waals surface area (Å²) in [6, 6.07) is 12.7. The molecule has 0 aliphatic heterocycles. The summed E-state index contributed by atoms with van der Waals surface area (Å²) >= 11 is 0. The summed E-state index contributed by atoms with van der Waals surface area (Å²) in [5.41, 5.74) is -7.55. The van der Waals surface area contributed by atoms with Crippen molar-refractivity contribution < 1.29 is 166 Å². The Morgan fingerprint density at radius 3 is 0.659 bits per heavy atom. The van der Waals surface area contributed by atoms with Crippen molar-refractivity contribution in [2.45, 2.75) is 434 Å². The number of rotatable bonds is 32. The van der Waals surface area contributed by atoms with E-state index in [1.807, 2.05) is 90.0 Å². The van der Waals surface area contributed by atoms with Gasteiger partial charge in [0.25, 0.3) is 0 Å². The van der Waals surface area contributed by atoms with Crippen molar-refractivity contribution in [1.82, 2.24) is 0 Å². The van der Waals surface area contributed by atoms with E-state index in [9.17, 15) is 57.5 Å². The molecule has 0 aliphatic rings. The Hall–Kier alpha value is -11.7. The molecule has 4 rings (SSSR count). The summed E-state index contributed by atoms with van der Waals surface area (Å²) in [6.45, 7) is 74.5. The van der Waals surface area contributed by atoms with E-state index >= 15 is 0 Å². The van der Waals surface area contributed by atoms with Gasteiger partial charge >= 0.3 is 73.7 Å². The van der Waals surface area contributed by atoms with E-state index in [2.05, 4.69) is 0 Å². The third-order valence-corrected chi connectivity index (χ3v) is 20.6. The predicted molar refractivity (Wildman–Crippen MR) is 515 cm³/mol. The molecule has 3 atom stereocenters. The van der Waals surface area contributed by atoms with Crippen molar-refractivity contribution in [3.05, 3.63) is 71.3 Å². The largest absolute Gasteiger partial charge is 0.514 e. The summed E-state index contributed by atoms with van der Waals surface area (Å²) < 4.78 is 123. The van der Waals surface area contributed by atoms with E-state index in [0.717, 1.165) is 6.42 Å². The van der Waals surface area contributed by atoms with Gasteiger partial charge in [-0.25, -0.2) is 52.7 Å². The Labute approximate surface area is 816 Å². The van der Waals surface area contributed by atoms with Gasteiger partial charge in [-0.2, -0.15) is 0 Å². The van der Waals surface area contributed by atoms with Crippen LogP contribution in [0.5, 0.6) is 69.0 Å². The minimum Gasteiger partial charge on any atom is -0.428 e. The van der Waals surface area contributed by atoms with Gasteiger partial charge in [-0.3, -0.25) is 4.79 Å². The molecule has 4 aromatic carbocycles. The molecule has 4 aromatic rings. The van der Waals surface area contributed by atoms with Crippen LogP contribution in [0.4, 0.5) is 52.7 Å². The first-order chi connectivity index (χ1) is 62.8. The molecule has 780 valence electrons. The number of esters is 1. The molecule has 35 nitrogen and oxygen atoms in total. The van der Waals surface area contributed by atoms with Gasteiger partial charge in [0, 0.05) is 29.3 Å². The van der Waals surface area contributed by atoms with Gasteiger partial charge in [0.2, 0.25) is 5.75 Å². The van der Waals surface area contributed by atoms with E-state index in [1.54, 1.807) is 213 Å². The summed E-state index contributed by atoms with van der Waals surface area (Å²) in [7, 11) is 0. The fourth-order valence-corrected chi connectivity index (χ4v) is 9.54. The molecular weight excluding hydrogens is 1800 g/mol. The Morgan fingerprint density at radius 1 is 0.217 bits per heavy atom. The highest BCUT2D eigenvalue weighted by atomic mass is 16.8. The minimum absolute atomic E-state index is 0.00377. The molecule has 3 unspecified atom stereocenters. The lowest BCUT2D eigenvalue weighted by atomic mass is 9.91. The lowest BCUT2D eigenvalue weighted by Gasteiger charge is -2.25. The third kappa shape index (κ3) is 48.6. The van der Waals surface area contributed by atoms with Crippen LogP contribution in [-0.2, 0) is 56.9 Å². The Bertz CT molecular complexity index is 4680. The van der Waals surface area contributed by atoms with Crippen LogP contribution in [0.1, 0.15) is 389 Å². The molecule has 0 saturated carbocycles. The van der Waals surface area contributed by atoms with Crippen molar-refractivity contribution in [3.63, 3.8) is 0 Å². The van der Waals surface area contributed by atoms with E-state index < -0.39 is 141 Å². The van der Waals surface area contributed by atoms with Gasteiger partial charge in [0.05, 0.1) is 5.41 Å².